The van der Waals surface area contributed by atoms with Gasteiger partial charge in [-0.2, -0.15) is 0 Å². The van der Waals surface area contributed by atoms with Crippen molar-refractivity contribution >= 4 is 23.4 Å². The summed E-state index contributed by atoms with van der Waals surface area (Å²) in [7, 11) is 0. The summed E-state index contributed by atoms with van der Waals surface area (Å²) in [5, 5.41) is 2.81. The van der Waals surface area contributed by atoms with Crippen molar-refractivity contribution in [2.75, 3.05) is 6.61 Å². The number of ether oxygens (including phenoxy) is 3. The van der Waals surface area contributed by atoms with Gasteiger partial charge < -0.3 is 14.2 Å². The summed E-state index contributed by atoms with van der Waals surface area (Å²) in [6.07, 6.45) is 1.21. The lowest BCUT2D eigenvalue weighted by atomic mass is 10.0. The topological polar surface area (TPSA) is 78.0 Å². The molecule has 0 bridgehead atoms. The molecular formula is C30H28N2O5S. The van der Waals surface area contributed by atoms with E-state index in [4.69, 9.17) is 14.2 Å². The van der Waals surface area contributed by atoms with Crippen LogP contribution in [-0.4, -0.2) is 34.6 Å². The SMILES string of the molecule is CCOC(=O)Cc1cccc(Oc2ccc(-c3nccs3)cc2CN2C(=O)O[C@H](c3ccccc3)[C@@H]2C)c1. The minimum atomic E-state index is -0.367. The Morgan fingerprint density at radius 2 is 1.92 bits per heavy atom. The van der Waals surface area contributed by atoms with Gasteiger partial charge in [-0.25, -0.2) is 9.78 Å². The molecule has 1 amide bonds. The molecule has 4 aromatic rings. The molecule has 0 unspecified atom stereocenters. The standard InChI is InChI=1S/C30H28N2O5S/c1-3-35-27(33)17-21-8-7-11-25(16-21)36-26-13-12-23(29-31-14-15-38-29)18-24(26)19-32-20(2)28(37-30(32)34)22-9-5-4-6-10-22/h4-16,18,20,28H,3,17,19H2,1-2H3/t20-,28-/m0/s1. The van der Waals surface area contributed by atoms with Crippen LogP contribution in [0.25, 0.3) is 10.6 Å². The van der Waals surface area contributed by atoms with Crippen LogP contribution in [0.15, 0.2) is 84.4 Å². The Labute approximate surface area is 225 Å². The van der Waals surface area contributed by atoms with Crippen molar-refractivity contribution in [2.45, 2.75) is 39.0 Å². The lowest BCUT2D eigenvalue weighted by Gasteiger charge is -2.22. The molecule has 0 saturated carbocycles. The van der Waals surface area contributed by atoms with E-state index in [0.29, 0.717) is 24.7 Å². The lowest BCUT2D eigenvalue weighted by Crippen LogP contribution is -2.31. The first kappa shape index (κ1) is 25.5. The Hall–Kier alpha value is -4.17. The van der Waals surface area contributed by atoms with Crippen LogP contribution in [0.3, 0.4) is 0 Å². The average molecular weight is 529 g/mol. The zero-order valence-electron chi connectivity index (χ0n) is 21.2. The van der Waals surface area contributed by atoms with Crippen molar-refractivity contribution in [3.63, 3.8) is 0 Å². The Morgan fingerprint density at radius 3 is 2.68 bits per heavy atom. The molecule has 2 heterocycles. The molecule has 1 saturated heterocycles. The summed E-state index contributed by atoms with van der Waals surface area (Å²) in [5.74, 6) is 0.920. The third-order valence-corrected chi connectivity index (χ3v) is 7.20. The number of amides is 1. The number of carbonyl (C=O) groups excluding carboxylic acids is 2. The maximum absolute atomic E-state index is 13.0. The minimum absolute atomic E-state index is 0.166. The molecule has 1 fully saturated rings. The van der Waals surface area contributed by atoms with Crippen LogP contribution in [0, 0.1) is 0 Å². The second-order valence-corrected chi connectivity index (χ2v) is 9.87. The lowest BCUT2D eigenvalue weighted by molar-refractivity contribution is -0.142. The molecule has 2 atom stereocenters. The number of nitrogens with zero attached hydrogens (tertiary/aromatic N) is 2. The Balaban J connectivity index is 1.43. The first-order valence-corrected chi connectivity index (χ1v) is 13.4. The fourth-order valence-corrected chi connectivity index (χ4v) is 5.15. The number of benzene rings is 3. The summed E-state index contributed by atoms with van der Waals surface area (Å²) < 4.78 is 17.2. The number of hydrogen-bond donors (Lipinski definition) is 0. The van der Waals surface area contributed by atoms with Crippen LogP contribution in [0.1, 0.15) is 36.6 Å². The van der Waals surface area contributed by atoms with Crippen LogP contribution in [0.5, 0.6) is 11.5 Å². The van der Waals surface area contributed by atoms with Crippen LogP contribution < -0.4 is 4.74 Å². The zero-order chi connectivity index (χ0) is 26.5. The highest BCUT2D eigenvalue weighted by Gasteiger charge is 2.39. The quantitative estimate of drug-likeness (QED) is 0.223. The van der Waals surface area contributed by atoms with E-state index in [1.165, 1.54) is 0 Å². The highest BCUT2D eigenvalue weighted by atomic mass is 32.1. The summed E-state index contributed by atoms with van der Waals surface area (Å²) in [4.78, 5) is 31.1. The maximum Gasteiger partial charge on any atom is 0.411 e. The van der Waals surface area contributed by atoms with Crippen molar-refractivity contribution < 1.29 is 23.8 Å². The summed E-state index contributed by atoms with van der Waals surface area (Å²) in [6, 6.07) is 22.8. The smallest absolute Gasteiger partial charge is 0.411 e. The van der Waals surface area contributed by atoms with E-state index >= 15 is 0 Å². The second-order valence-electron chi connectivity index (χ2n) is 8.97. The van der Waals surface area contributed by atoms with Crippen molar-refractivity contribution in [1.29, 1.82) is 0 Å². The third-order valence-electron chi connectivity index (χ3n) is 6.38. The first-order chi connectivity index (χ1) is 18.5. The number of esters is 1. The van der Waals surface area contributed by atoms with Crippen molar-refractivity contribution in [2.24, 2.45) is 0 Å². The number of rotatable bonds is 9. The van der Waals surface area contributed by atoms with Crippen LogP contribution in [0.4, 0.5) is 4.79 Å². The molecule has 0 N–H and O–H groups in total. The van der Waals surface area contributed by atoms with Gasteiger partial charge in [0.15, 0.2) is 0 Å². The zero-order valence-corrected chi connectivity index (χ0v) is 22.0. The molecule has 8 heteroatoms. The second kappa shape index (κ2) is 11.5. The summed E-state index contributed by atoms with van der Waals surface area (Å²) >= 11 is 1.55. The molecule has 1 aromatic heterocycles. The highest BCUT2D eigenvalue weighted by Crippen LogP contribution is 2.37. The van der Waals surface area contributed by atoms with Crippen molar-refractivity contribution in [3.8, 4) is 22.1 Å². The number of cyclic esters (lactones) is 1. The fourth-order valence-electron chi connectivity index (χ4n) is 4.51. The van der Waals surface area contributed by atoms with Crippen LogP contribution in [-0.2, 0) is 27.2 Å². The van der Waals surface area contributed by atoms with Gasteiger partial charge in [-0.15, -0.1) is 11.3 Å². The molecule has 7 nitrogen and oxygen atoms in total. The number of thiazole rings is 1. The number of carbonyl (C=O) groups is 2. The summed E-state index contributed by atoms with van der Waals surface area (Å²) in [5.41, 5.74) is 3.52. The molecule has 194 valence electrons. The Kier molecular flexibility index (Phi) is 7.70. The van der Waals surface area contributed by atoms with Gasteiger partial charge in [-0.05, 0) is 55.3 Å². The van der Waals surface area contributed by atoms with Crippen molar-refractivity contribution in [3.05, 3.63) is 101 Å². The van der Waals surface area contributed by atoms with E-state index < -0.39 is 0 Å². The van der Waals surface area contributed by atoms with E-state index in [1.807, 2.05) is 85.1 Å². The van der Waals surface area contributed by atoms with Crippen LogP contribution >= 0.6 is 11.3 Å². The molecule has 38 heavy (non-hydrogen) atoms. The van der Waals surface area contributed by atoms with E-state index in [2.05, 4.69) is 4.98 Å². The van der Waals surface area contributed by atoms with Gasteiger partial charge in [-0.1, -0.05) is 42.5 Å². The minimum Gasteiger partial charge on any atom is -0.466 e. The summed E-state index contributed by atoms with van der Waals surface area (Å²) in [6.45, 7) is 4.42. The predicted molar refractivity (Wildman–Crippen MR) is 145 cm³/mol. The van der Waals surface area contributed by atoms with Gasteiger partial charge in [0.2, 0.25) is 0 Å². The molecule has 5 rings (SSSR count). The monoisotopic (exact) mass is 528 g/mol. The molecule has 0 aliphatic carbocycles. The van der Waals surface area contributed by atoms with Crippen molar-refractivity contribution in [1.82, 2.24) is 9.88 Å². The molecular weight excluding hydrogens is 500 g/mol. The average Bonchev–Trinajstić information content (AvgIpc) is 3.55. The Bertz CT molecular complexity index is 1410. The fraction of sp³-hybridized carbons (Fsp3) is 0.233. The molecule has 0 spiro atoms. The highest BCUT2D eigenvalue weighted by molar-refractivity contribution is 7.13. The van der Waals surface area contributed by atoms with E-state index in [0.717, 1.165) is 27.3 Å². The van der Waals surface area contributed by atoms with Gasteiger partial charge in [0.25, 0.3) is 0 Å². The molecule has 1 aliphatic rings. The Morgan fingerprint density at radius 1 is 1.08 bits per heavy atom. The third kappa shape index (κ3) is 5.70. The number of hydrogen-bond acceptors (Lipinski definition) is 7. The van der Waals surface area contributed by atoms with Gasteiger partial charge >= 0.3 is 12.1 Å². The van der Waals surface area contributed by atoms with E-state index in [-0.39, 0.29) is 30.6 Å². The molecule has 3 aromatic carbocycles. The van der Waals surface area contributed by atoms with Gasteiger partial charge in [0.1, 0.15) is 22.6 Å². The van der Waals surface area contributed by atoms with Gasteiger partial charge in [0.05, 0.1) is 25.6 Å². The molecule has 0 radical (unpaired) electrons. The van der Waals surface area contributed by atoms with E-state index in [9.17, 15) is 9.59 Å². The molecule has 1 aliphatic heterocycles. The van der Waals surface area contributed by atoms with Gasteiger partial charge in [0, 0.05) is 22.7 Å². The first-order valence-electron chi connectivity index (χ1n) is 12.5. The van der Waals surface area contributed by atoms with Crippen LogP contribution in [0.2, 0.25) is 0 Å². The maximum atomic E-state index is 13.0. The largest absolute Gasteiger partial charge is 0.466 e. The van der Waals surface area contributed by atoms with E-state index in [1.54, 1.807) is 29.4 Å². The normalized spacial score (nSPS) is 16.8. The van der Waals surface area contributed by atoms with Gasteiger partial charge in [-0.3, -0.25) is 9.69 Å². The number of aromatic nitrogens is 1. The predicted octanol–water partition coefficient (Wildman–Crippen LogP) is 6.79.